The molecule has 2 unspecified atom stereocenters. The summed E-state index contributed by atoms with van der Waals surface area (Å²) in [6, 6.07) is 10.9. The second kappa shape index (κ2) is 4.59. The van der Waals surface area contributed by atoms with E-state index >= 15 is 0 Å². The first-order chi connectivity index (χ1) is 6.77. The Bertz CT molecular complexity index is 289. The van der Waals surface area contributed by atoms with Crippen molar-refractivity contribution in [2.24, 2.45) is 5.73 Å². The van der Waals surface area contributed by atoms with Gasteiger partial charge < -0.3 is 5.73 Å². The average Bonchev–Trinajstić information content (AvgIpc) is 2.52. The third kappa shape index (κ3) is 2.27. The van der Waals surface area contributed by atoms with E-state index in [0.29, 0.717) is 10.1 Å². The van der Waals surface area contributed by atoms with Crippen LogP contribution in [0.5, 0.6) is 0 Å². The van der Waals surface area contributed by atoms with Gasteiger partial charge in [-0.25, -0.2) is 0 Å². The van der Waals surface area contributed by atoms with Gasteiger partial charge in [0.25, 0.3) is 0 Å². The molecule has 1 heterocycles. The van der Waals surface area contributed by atoms with Crippen LogP contribution in [-0.4, -0.2) is 21.5 Å². The molecule has 2 atom stereocenters. The summed E-state index contributed by atoms with van der Waals surface area (Å²) in [6.45, 7) is 2.16. The normalized spacial score (nSPS) is 28.1. The van der Waals surface area contributed by atoms with Crippen LogP contribution in [0.1, 0.15) is 12.0 Å². The maximum Gasteiger partial charge on any atom is 0.0775 e. The van der Waals surface area contributed by atoms with Crippen LogP contribution in [0.15, 0.2) is 30.3 Å². The van der Waals surface area contributed by atoms with E-state index in [9.17, 15) is 0 Å². The van der Waals surface area contributed by atoms with E-state index in [-0.39, 0.29) is 0 Å². The van der Waals surface area contributed by atoms with E-state index < -0.39 is 0 Å². The fraction of sp³-hybridized carbons (Fsp3) is 0.455. The summed E-state index contributed by atoms with van der Waals surface area (Å²) in [4.78, 5) is 2.44. The van der Waals surface area contributed by atoms with Gasteiger partial charge in [-0.2, -0.15) is 0 Å². The zero-order valence-electron chi connectivity index (χ0n) is 8.07. The van der Waals surface area contributed by atoms with Crippen molar-refractivity contribution in [1.82, 2.24) is 4.90 Å². The number of nitrogens with two attached hydrogens (primary N) is 1. The largest absolute Gasteiger partial charge is 0.326 e. The highest BCUT2D eigenvalue weighted by Gasteiger charge is 2.28. The summed E-state index contributed by atoms with van der Waals surface area (Å²) < 4.78 is 0.493. The van der Waals surface area contributed by atoms with E-state index in [1.54, 1.807) is 0 Å². The molecule has 1 fully saturated rings. The minimum absolute atomic E-state index is 0.347. The summed E-state index contributed by atoms with van der Waals surface area (Å²) in [5.74, 6) is 0. The van der Waals surface area contributed by atoms with E-state index in [4.69, 9.17) is 5.73 Å². The van der Waals surface area contributed by atoms with Crippen molar-refractivity contribution >= 4 is 22.6 Å². The molecule has 14 heavy (non-hydrogen) atoms. The van der Waals surface area contributed by atoms with E-state index in [2.05, 4.69) is 57.8 Å². The van der Waals surface area contributed by atoms with Gasteiger partial charge in [0.2, 0.25) is 0 Å². The molecule has 0 aromatic heterocycles. The lowest BCUT2D eigenvalue weighted by atomic mass is 10.2. The number of likely N-dealkylation sites (tertiary alicyclic amines) is 1. The van der Waals surface area contributed by atoms with Crippen LogP contribution in [0.25, 0.3) is 0 Å². The lowest BCUT2D eigenvalue weighted by molar-refractivity contribution is 0.314. The van der Waals surface area contributed by atoms with Crippen molar-refractivity contribution in [2.45, 2.75) is 23.1 Å². The van der Waals surface area contributed by atoms with Crippen LogP contribution in [0, 0.1) is 0 Å². The van der Waals surface area contributed by atoms with Crippen LogP contribution in [0.3, 0.4) is 0 Å². The lowest BCUT2D eigenvalue weighted by Crippen LogP contribution is -2.33. The Labute approximate surface area is 98.6 Å². The molecule has 2 N–H and O–H groups in total. The number of halogens is 1. The molecule has 0 spiro atoms. The minimum atomic E-state index is 0.347. The van der Waals surface area contributed by atoms with Crippen LogP contribution in [0.4, 0.5) is 0 Å². The third-order valence-electron chi connectivity index (χ3n) is 2.68. The number of hydrogen-bond donors (Lipinski definition) is 1. The molecular formula is C11H15IN2. The molecule has 0 radical (unpaired) electrons. The fourth-order valence-electron chi connectivity index (χ4n) is 1.83. The Morgan fingerprint density at radius 3 is 2.64 bits per heavy atom. The molecule has 76 valence electrons. The van der Waals surface area contributed by atoms with Crippen molar-refractivity contribution in [3.05, 3.63) is 35.9 Å². The molecule has 3 heteroatoms. The molecule has 0 aliphatic carbocycles. The Kier molecular flexibility index (Phi) is 3.41. The molecule has 0 amide bonds. The second-order valence-corrected chi connectivity index (χ2v) is 5.06. The zero-order valence-corrected chi connectivity index (χ0v) is 10.2. The van der Waals surface area contributed by atoms with Gasteiger partial charge in [-0.1, -0.05) is 52.9 Å². The van der Waals surface area contributed by atoms with Crippen LogP contribution < -0.4 is 5.73 Å². The molecule has 1 aliphatic rings. The first-order valence-corrected chi connectivity index (χ1v) is 6.19. The SMILES string of the molecule is NC1CCN(Cc2ccccc2)C1I. The van der Waals surface area contributed by atoms with Crippen LogP contribution >= 0.6 is 22.6 Å². The number of benzene rings is 1. The van der Waals surface area contributed by atoms with Crippen molar-refractivity contribution in [2.75, 3.05) is 6.54 Å². The smallest absolute Gasteiger partial charge is 0.0775 e. The van der Waals surface area contributed by atoms with Crippen LogP contribution in [-0.2, 0) is 6.54 Å². The van der Waals surface area contributed by atoms with E-state index in [1.165, 1.54) is 5.56 Å². The summed E-state index contributed by atoms with van der Waals surface area (Å²) in [5.41, 5.74) is 7.35. The summed E-state index contributed by atoms with van der Waals surface area (Å²) in [6.07, 6.45) is 1.13. The van der Waals surface area contributed by atoms with Gasteiger partial charge in [0.05, 0.1) is 4.05 Å². The predicted molar refractivity (Wildman–Crippen MR) is 67.3 cm³/mol. The fourth-order valence-corrected chi connectivity index (χ4v) is 2.67. The molecular weight excluding hydrogens is 287 g/mol. The Morgan fingerprint density at radius 1 is 1.36 bits per heavy atom. The highest BCUT2D eigenvalue weighted by Crippen LogP contribution is 2.23. The van der Waals surface area contributed by atoms with Gasteiger partial charge >= 0.3 is 0 Å². The first-order valence-electron chi connectivity index (χ1n) is 4.95. The molecule has 0 saturated carbocycles. The standard InChI is InChI=1S/C11H15IN2/c12-11-10(13)6-7-14(11)8-9-4-2-1-3-5-9/h1-5,10-11H,6-8,13H2. The topological polar surface area (TPSA) is 29.3 Å². The molecule has 2 rings (SSSR count). The predicted octanol–water partition coefficient (Wildman–Crippen LogP) is 1.98. The van der Waals surface area contributed by atoms with Gasteiger partial charge in [0.1, 0.15) is 0 Å². The number of nitrogens with zero attached hydrogens (tertiary/aromatic N) is 1. The highest BCUT2D eigenvalue weighted by molar-refractivity contribution is 14.1. The number of hydrogen-bond acceptors (Lipinski definition) is 2. The Balaban J connectivity index is 1.99. The monoisotopic (exact) mass is 302 g/mol. The minimum Gasteiger partial charge on any atom is -0.326 e. The summed E-state index contributed by atoms with van der Waals surface area (Å²) in [7, 11) is 0. The molecule has 1 aliphatic heterocycles. The molecule has 1 aromatic carbocycles. The van der Waals surface area contributed by atoms with Gasteiger partial charge in [-0.3, -0.25) is 4.90 Å². The second-order valence-electron chi connectivity index (χ2n) is 3.78. The first kappa shape index (κ1) is 10.4. The Hall–Kier alpha value is -0.130. The van der Waals surface area contributed by atoms with E-state index in [0.717, 1.165) is 19.5 Å². The Morgan fingerprint density at radius 2 is 2.07 bits per heavy atom. The summed E-state index contributed by atoms with van der Waals surface area (Å²) in [5, 5.41) is 0. The third-order valence-corrected chi connectivity index (χ3v) is 4.39. The number of rotatable bonds is 2. The van der Waals surface area contributed by atoms with Gasteiger partial charge in [-0.15, -0.1) is 0 Å². The highest BCUT2D eigenvalue weighted by atomic mass is 127. The van der Waals surface area contributed by atoms with Crippen LogP contribution in [0.2, 0.25) is 0 Å². The molecule has 1 saturated heterocycles. The van der Waals surface area contributed by atoms with Crippen molar-refractivity contribution in [1.29, 1.82) is 0 Å². The van der Waals surface area contributed by atoms with Gasteiger partial charge in [-0.05, 0) is 12.0 Å². The number of alkyl halides is 1. The quantitative estimate of drug-likeness (QED) is 0.514. The van der Waals surface area contributed by atoms with Gasteiger partial charge in [0.15, 0.2) is 0 Å². The zero-order chi connectivity index (χ0) is 9.97. The lowest BCUT2D eigenvalue weighted by Gasteiger charge is -2.21. The maximum absolute atomic E-state index is 5.97. The summed E-state index contributed by atoms with van der Waals surface area (Å²) >= 11 is 2.45. The molecule has 2 nitrogen and oxygen atoms in total. The van der Waals surface area contributed by atoms with Crippen molar-refractivity contribution in [3.8, 4) is 0 Å². The van der Waals surface area contributed by atoms with Crippen molar-refractivity contribution in [3.63, 3.8) is 0 Å². The molecule has 0 bridgehead atoms. The average molecular weight is 302 g/mol. The molecule has 1 aromatic rings. The van der Waals surface area contributed by atoms with Crippen molar-refractivity contribution < 1.29 is 0 Å². The van der Waals surface area contributed by atoms with E-state index in [1.807, 2.05) is 0 Å². The maximum atomic E-state index is 5.97. The van der Waals surface area contributed by atoms with Gasteiger partial charge in [0, 0.05) is 19.1 Å².